The minimum atomic E-state index is -0.812. The molecule has 2 aromatic carbocycles. The van der Waals surface area contributed by atoms with E-state index in [1.165, 1.54) is 10.7 Å². The van der Waals surface area contributed by atoms with Crippen molar-refractivity contribution < 1.29 is 9.59 Å². The molecule has 0 aliphatic heterocycles. The van der Waals surface area contributed by atoms with Crippen molar-refractivity contribution in [1.29, 1.82) is 0 Å². The van der Waals surface area contributed by atoms with Crippen LogP contribution in [-0.4, -0.2) is 21.6 Å². The van der Waals surface area contributed by atoms with Gasteiger partial charge in [-0.2, -0.15) is 5.10 Å². The van der Waals surface area contributed by atoms with Gasteiger partial charge in [-0.3, -0.25) is 14.4 Å². The largest absolute Gasteiger partial charge is 0.326 e. The third-order valence-corrected chi connectivity index (χ3v) is 5.17. The lowest BCUT2D eigenvalue weighted by molar-refractivity contribution is -0.119. The summed E-state index contributed by atoms with van der Waals surface area (Å²) >= 11 is 0. The van der Waals surface area contributed by atoms with Gasteiger partial charge in [-0.15, -0.1) is 0 Å². The minimum Gasteiger partial charge on any atom is -0.326 e. The highest BCUT2D eigenvalue weighted by molar-refractivity contribution is 5.94. The van der Waals surface area contributed by atoms with Crippen molar-refractivity contribution >= 4 is 23.2 Å². The zero-order valence-electron chi connectivity index (χ0n) is 19.0. The molecule has 166 valence electrons. The zero-order valence-corrected chi connectivity index (χ0v) is 19.0. The average molecular weight is 433 g/mol. The number of hydrogen-bond acceptors (Lipinski definition) is 4. The topological polar surface area (TPSA) is 93.1 Å². The Kier molecular flexibility index (Phi) is 6.88. The van der Waals surface area contributed by atoms with Crippen LogP contribution in [0.1, 0.15) is 37.9 Å². The average Bonchev–Trinajstić information content (AvgIpc) is 2.75. The molecule has 0 bridgehead atoms. The van der Waals surface area contributed by atoms with Crippen molar-refractivity contribution in [3.05, 3.63) is 76.1 Å². The number of carbonyl (C=O) groups excluding carboxylic acids is 2. The van der Waals surface area contributed by atoms with Gasteiger partial charge in [0.2, 0.25) is 11.8 Å². The van der Waals surface area contributed by atoms with Crippen LogP contribution in [0.15, 0.2) is 59.4 Å². The van der Waals surface area contributed by atoms with Crippen molar-refractivity contribution in [1.82, 2.24) is 9.78 Å². The normalized spacial score (nSPS) is 11.8. The molecule has 0 aliphatic carbocycles. The molecule has 3 rings (SSSR count). The molecule has 0 fully saturated rings. The fraction of sp³-hybridized carbons (Fsp3) is 0.280. The minimum absolute atomic E-state index is 0.0791. The lowest BCUT2D eigenvalue weighted by atomic mass is 10.1. The quantitative estimate of drug-likeness (QED) is 0.607. The maximum Gasteiger partial charge on any atom is 0.267 e. The number of amides is 2. The van der Waals surface area contributed by atoms with Crippen LogP contribution < -0.4 is 16.2 Å². The van der Waals surface area contributed by atoms with Gasteiger partial charge in [0.05, 0.1) is 5.69 Å². The summed E-state index contributed by atoms with van der Waals surface area (Å²) in [6.45, 7) is 9.14. The highest BCUT2D eigenvalue weighted by Crippen LogP contribution is 2.24. The van der Waals surface area contributed by atoms with Crippen LogP contribution in [0.5, 0.6) is 0 Å². The first-order chi connectivity index (χ1) is 15.2. The summed E-state index contributed by atoms with van der Waals surface area (Å²) in [4.78, 5) is 37.3. The van der Waals surface area contributed by atoms with Crippen molar-refractivity contribution in [2.24, 2.45) is 5.92 Å². The number of hydrogen-bond donors (Lipinski definition) is 2. The molecular weight excluding hydrogens is 404 g/mol. The van der Waals surface area contributed by atoms with Gasteiger partial charge in [0.1, 0.15) is 6.04 Å². The van der Waals surface area contributed by atoms with E-state index in [2.05, 4.69) is 15.7 Å². The number of carbonyl (C=O) groups is 2. The summed E-state index contributed by atoms with van der Waals surface area (Å²) in [7, 11) is 0. The summed E-state index contributed by atoms with van der Waals surface area (Å²) < 4.78 is 1.17. The highest BCUT2D eigenvalue weighted by Gasteiger charge is 2.19. The van der Waals surface area contributed by atoms with Crippen molar-refractivity contribution in [2.45, 2.75) is 40.7 Å². The van der Waals surface area contributed by atoms with Gasteiger partial charge in [0.25, 0.3) is 5.56 Å². The molecule has 7 heteroatoms. The van der Waals surface area contributed by atoms with Crippen molar-refractivity contribution in [2.75, 3.05) is 10.6 Å². The van der Waals surface area contributed by atoms with Gasteiger partial charge < -0.3 is 10.6 Å². The van der Waals surface area contributed by atoms with Crippen LogP contribution >= 0.6 is 0 Å². The van der Waals surface area contributed by atoms with E-state index in [1.807, 2.05) is 64.1 Å². The monoisotopic (exact) mass is 432 g/mol. The molecule has 0 saturated heterocycles. The molecule has 1 atom stereocenters. The number of nitrogens with zero attached hydrogens (tertiary/aromatic N) is 2. The predicted octanol–water partition coefficient (Wildman–Crippen LogP) is 4.32. The van der Waals surface area contributed by atoms with Gasteiger partial charge in [0, 0.05) is 28.9 Å². The Hall–Kier alpha value is -3.74. The molecular formula is C25H28N4O3. The Morgan fingerprint density at radius 2 is 1.66 bits per heavy atom. The Morgan fingerprint density at radius 3 is 2.34 bits per heavy atom. The molecule has 3 aromatic rings. The molecule has 0 spiro atoms. The zero-order chi connectivity index (χ0) is 23.4. The van der Waals surface area contributed by atoms with Gasteiger partial charge in [0.15, 0.2) is 0 Å². The van der Waals surface area contributed by atoms with Gasteiger partial charge in [-0.05, 0) is 56.2 Å². The Morgan fingerprint density at radius 1 is 0.906 bits per heavy atom. The van der Waals surface area contributed by atoms with Crippen LogP contribution in [0, 0.1) is 19.8 Å². The molecule has 0 radical (unpaired) electrons. The van der Waals surface area contributed by atoms with Crippen LogP contribution in [0.2, 0.25) is 0 Å². The van der Waals surface area contributed by atoms with E-state index >= 15 is 0 Å². The van der Waals surface area contributed by atoms with Gasteiger partial charge in [-0.25, -0.2) is 4.68 Å². The molecule has 0 unspecified atom stereocenters. The smallest absolute Gasteiger partial charge is 0.267 e. The van der Waals surface area contributed by atoms with E-state index in [0.717, 1.165) is 16.7 Å². The summed E-state index contributed by atoms with van der Waals surface area (Å²) in [5.74, 6) is -0.563. The number of aromatic nitrogens is 2. The third-order valence-electron chi connectivity index (χ3n) is 5.17. The second-order valence-corrected chi connectivity index (χ2v) is 8.21. The number of aryl methyl sites for hydroxylation is 2. The molecule has 7 nitrogen and oxygen atoms in total. The SMILES string of the molecule is Cc1cccc(NC(=O)[C@@H](C)n2nc(-c3ccc(C)c(NC(=O)C(C)C)c3)ccc2=O)c1. The van der Waals surface area contributed by atoms with Gasteiger partial charge in [-0.1, -0.05) is 38.1 Å². The second kappa shape index (κ2) is 9.60. The maximum atomic E-state index is 12.7. The molecule has 1 aromatic heterocycles. The predicted molar refractivity (Wildman–Crippen MR) is 127 cm³/mol. The lowest BCUT2D eigenvalue weighted by Crippen LogP contribution is -2.33. The van der Waals surface area contributed by atoms with Crippen LogP contribution in [-0.2, 0) is 9.59 Å². The second-order valence-electron chi connectivity index (χ2n) is 8.21. The van der Waals surface area contributed by atoms with E-state index in [-0.39, 0.29) is 23.3 Å². The Labute approximate surface area is 187 Å². The summed E-state index contributed by atoms with van der Waals surface area (Å²) in [6.07, 6.45) is 0. The highest BCUT2D eigenvalue weighted by atomic mass is 16.2. The first-order valence-corrected chi connectivity index (χ1v) is 10.5. The first kappa shape index (κ1) is 22.9. The summed E-state index contributed by atoms with van der Waals surface area (Å²) in [5.41, 5.74) is 4.17. The lowest BCUT2D eigenvalue weighted by Gasteiger charge is -2.16. The van der Waals surface area contributed by atoms with Crippen molar-refractivity contribution in [3.8, 4) is 11.3 Å². The van der Waals surface area contributed by atoms with Gasteiger partial charge >= 0.3 is 0 Å². The van der Waals surface area contributed by atoms with E-state index in [9.17, 15) is 14.4 Å². The fourth-order valence-corrected chi connectivity index (χ4v) is 3.13. The molecule has 32 heavy (non-hydrogen) atoms. The number of rotatable bonds is 6. The van der Waals surface area contributed by atoms with Crippen LogP contribution in [0.4, 0.5) is 11.4 Å². The Balaban J connectivity index is 1.89. The van der Waals surface area contributed by atoms with Crippen molar-refractivity contribution in [3.63, 3.8) is 0 Å². The Bertz CT molecular complexity index is 1210. The molecule has 2 amide bonds. The van der Waals surface area contributed by atoms with E-state index in [0.29, 0.717) is 17.1 Å². The molecule has 2 N–H and O–H groups in total. The van der Waals surface area contributed by atoms with E-state index in [4.69, 9.17) is 0 Å². The number of nitrogens with one attached hydrogen (secondary N) is 2. The summed E-state index contributed by atoms with van der Waals surface area (Å²) in [6, 6.07) is 15.2. The van der Waals surface area contributed by atoms with E-state index < -0.39 is 6.04 Å². The van der Waals surface area contributed by atoms with Crippen LogP contribution in [0.25, 0.3) is 11.3 Å². The molecule has 1 heterocycles. The van der Waals surface area contributed by atoms with E-state index in [1.54, 1.807) is 19.1 Å². The summed E-state index contributed by atoms with van der Waals surface area (Å²) in [5, 5.41) is 10.2. The number of benzene rings is 2. The molecule has 0 saturated carbocycles. The third kappa shape index (κ3) is 5.29. The molecule has 0 aliphatic rings. The number of anilines is 2. The standard InChI is InChI=1S/C25H28N4O3/c1-15(2)24(31)27-22-14-19(10-9-17(22)4)21-11-12-23(30)29(28-21)18(5)25(32)26-20-8-6-7-16(3)13-20/h6-15,18H,1-5H3,(H,26,32)(H,27,31)/t18-/m1/s1. The maximum absolute atomic E-state index is 12.7. The fourth-order valence-electron chi connectivity index (χ4n) is 3.13. The van der Waals surface area contributed by atoms with Crippen LogP contribution in [0.3, 0.4) is 0 Å². The first-order valence-electron chi connectivity index (χ1n) is 10.5.